The molecule has 0 unspecified atom stereocenters. The lowest BCUT2D eigenvalue weighted by Gasteiger charge is -2.23. The molecule has 0 aliphatic carbocycles. The van der Waals surface area contributed by atoms with Gasteiger partial charge in [0, 0.05) is 28.4 Å². The number of halogens is 1. The van der Waals surface area contributed by atoms with E-state index in [-0.39, 0.29) is 29.5 Å². The summed E-state index contributed by atoms with van der Waals surface area (Å²) in [5, 5.41) is 4.14. The number of benzene rings is 1. The Balaban J connectivity index is 0.00000133. The summed E-state index contributed by atoms with van der Waals surface area (Å²) in [5.41, 5.74) is 2.13. The van der Waals surface area contributed by atoms with E-state index in [2.05, 4.69) is 38.3 Å². The fourth-order valence-electron chi connectivity index (χ4n) is 2.16. The van der Waals surface area contributed by atoms with Crippen molar-refractivity contribution in [3.63, 3.8) is 0 Å². The van der Waals surface area contributed by atoms with Gasteiger partial charge in [-0.1, -0.05) is 0 Å². The monoisotopic (exact) mass is 386 g/mol. The number of rotatable bonds is 1. The molecule has 0 saturated heterocycles. The highest BCUT2D eigenvalue weighted by molar-refractivity contribution is 7.17. The highest BCUT2D eigenvalue weighted by Crippen LogP contribution is 2.29. The minimum absolute atomic E-state index is 0. The van der Waals surface area contributed by atoms with Gasteiger partial charge in [0.25, 0.3) is 5.56 Å². The summed E-state index contributed by atoms with van der Waals surface area (Å²) in [4.78, 5) is 14.8. The number of aromatic amines is 1. The highest BCUT2D eigenvalue weighted by atomic mass is 127. The van der Waals surface area contributed by atoms with E-state index in [1.54, 1.807) is 0 Å². The number of fused-ring (bicyclic) bond motifs is 3. The van der Waals surface area contributed by atoms with Crippen LogP contribution in [0.1, 0.15) is 0 Å². The van der Waals surface area contributed by atoms with Gasteiger partial charge in [0.15, 0.2) is 0 Å². The quantitative estimate of drug-likeness (QED) is 0.462. The van der Waals surface area contributed by atoms with Crippen molar-refractivity contribution in [3.8, 4) is 0 Å². The maximum atomic E-state index is 11.9. The van der Waals surface area contributed by atoms with Crippen LogP contribution in [0.15, 0.2) is 34.4 Å². The van der Waals surface area contributed by atoms with Crippen molar-refractivity contribution in [1.29, 1.82) is 0 Å². The first kappa shape index (κ1) is 14.5. The molecule has 19 heavy (non-hydrogen) atoms. The molecule has 1 aromatic carbocycles. The molecule has 1 N–H and O–H groups in total. The lowest BCUT2D eigenvalue weighted by molar-refractivity contribution is -0.00000383. The molecule has 0 aliphatic heterocycles. The minimum atomic E-state index is 0. The summed E-state index contributed by atoms with van der Waals surface area (Å²) in [7, 11) is 6.41. The number of nitrogens with zero attached hydrogens (tertiary/aromatic N) is 1. The fourth-order valence-corrected chi connectivity index (χ4v) is 2.96. The lowest BCUT2D eigenvalue weighted by atomic mass is 10.1. The van der Waals surface area contributed by atoms with Crippen molar-refractivity contribution in [1.82, 2.24) is 9.47 Å². The Kier molecular flexibility index (Phi) is 3.72. The molecule has 0 atom stereocenters. The molecule has 3 aromatic rings. The molecule has 0 bridgehead atoms. The Bertz CT molecular complexity index is 798. The number of thiophene rings is 1. The molecular weight excluding hydrogens is 371 g/mol. The summed E-state index contributed by atoms with van der Waals surface area (Å²) in [6.45, 7) is 0. The van der Waals surface area contributed by atoms with Crippen LogP contribution in [0.3, 0.4) is 0 Å². The van der Waals surface area contributed by atoms with Crippen LogP contribution in [0.4, 0.5) is 5.69 Å². The largest absolute Gasteiger partial charge is 1.00 e. The summed E-state index contributed by atoms with van der Waals surface area (Å²) < 4.78 is 1.57. The van der Waals surface area contributed by atoms with Crippen LogP contribution >= 0.6 is 11.3 Å². The van der Waals surface area contributed by atoms with Crippen molar-refractivity contribution in [2.75, 3.05) is 21.1 Å². The van der Waals surface area contributed by atoms with Crippen molar-refractivity contribution < 1.29 is 24.0 Å². The van der Waals surface area contributed by atoms with Crippen molar-refractivity contribution in [2.24, 2.45) is 0 Å². The smallest absolute Gasteiger partial charge is 0.266 e. The van der Waals surface area contributed by atoms with Crippen molar-refractivity contribution in [2.45, 2.75) is 0 Å². The normalized spacial score (nSPS) is 11.7. The average molecular weight is 386 g/mol. The van der Waals surface area contributed by atoms with Crippen LogP contribution in [0.2, 0.25) is 0 Å². The van der Waals surface area contributed by atoms with Gasteiger partial charge in [-0.25, -0.2) is 0 Å². The lowest BCUT2D eigenvalue weighted by Crippen LogP contribution is -3.00. The molecule has 2 heterocycles. The third kappa shape index (κ3) is 2.42. The molecule has 0 amide bonds. The topological polar surface area (TPSA) is 32.9 Å². The highest BCUT2D eigenvalue weighted by Gasteiger charge is 2.14. The standard InChI is InChI=1S/C14H14N2OS.HI/c1-16(2,3)9-4-5-12-11(8-9)10-6-7-18-13(10)14(17)15-12;/h4-8H,1-3H3;1H. The van der Waals surface area contributed by atoms with Gasteiger partial charge in [-0.2, -0.15) is 0 Å². The van der Waals surface area contributed by atoms with Crippen LogP contribution in [0.25, 0.3) is 21.0 Å². The predicted molar refractivity (Wildman–Crippen MR) is 79.5 cm³/mol. The molecule has 100 valence electrons. The molecule has 5 heteroatoms. The van der Waals surface area contributed by atoms with E-state index in [0.29, 0.717) is 0 Å². The number of nitrogens with one attached hydrogen (secondary N) is 1. The number of hydrogen-bond acceptors (Lipinski definition) is 2. The first-order valence-corrected chi connectivity index (χ1v) is 6.70. The molecular formula is C14H15IN2OS. The predicted octanol–water partition coefficient (Wildman–Crippen LogP) is -0.0565. The van der Waals surface area contributed by atoms with E-state index >= 15 is 0 Å². The summed E-state index contributed by atoms with van der Waals surface area (Å²) in [5.74, 6) is 0. The van der Waals surface area contributed by atoms with Crippen LogP contribution in [0, 0.1) is 0 Å². The Labute approximate surface area is 132 Å². The summed E-state index contributed by atoms with van der Waals surface area (Å²) in [6.07, 6.45) is 0. The first-order valence-electron chi connectivity index (χ1n) is 5.82. The third-order valence-electron chi connectivity index (χ3n) is 3.19. The Morgan fingerprint density at radius 3 is 2.53 bits per heavy atom. The van der Waals surface area contributed by atoms with E-state index in [4.69, 9.17) is 0 Å². The molecule has 3 rings (SSSR count). The second kappa shape index (κ2) is 4.88. The van der Waals surface area contributed by atoms with E-state index in [1.807, 2.05) is 17.5 Å². The van der Waals surface area contributed by atoms with E-state index in [1.165, 1.54) is 17.0 Å². The number of aromatic nitrogens is 1. The molecule has 0 saturated carbocycles. The van der Waals surface area contributed by atoms with E-state index < -0.39 is 0 Å². The minimum Gasteiger partial charge on any atom is -1.00 e. The zero-order valence-electron chi connectivity index (χ0n) is 11.0. The van der Waals surface area contributed by atoms with Crippen LogP contribution < -0.4 is 34.0 Å². The van der Waals surface area contributed by atoms with Gasteiger partial charge in [0.2, 0.25) is 0 Å². The summed E-state index contributed by atoms with van der Waals surface area (Å²) in [6, 6.07) is 8.25. The van der Waals surface area contributed by atoms with Gasteiger partial charge in [0.05, 0.1) is 21.1 Å². The fraction of sp³-hybridized carbons (Fsp3) is 0.214. The Hall–Kier alpha value is -0.920. The van der Waals surface area contributed by atoms with Gasteiger partial charge >= 0.3 is 0 Å². The Morgan fingerprint density at radius 1 is 1.11 bits per heavy atom. The zero-order valence-corrected chi connectivity index (χ0v) is 14.0. The van der Waals surface area contributed by atoms with Gasteiger partial charge < -0.3 is 29.0 Å². The van der Waals surface area contributed by atoms with Crippen LogP contribution in [0.5, 0.6) is 0 Å². The van der Waals surface area contributed by atoms with Gasteiger partial charge in [-0.15, -0.1) is 11.3 Å². The van der Waals surface area contributed by atoms with Crippen LogP contribution in [-0.2, 0) is 0 Å². The van der Waals surface area contributed by atoms with Gasteiger partial charge in [-0.3, -0.25) is 9.28 Å². The van der Waals surface area contributed by atoms with Gasteiger partial charge in [-0.05, 0) is 17.5 Å². The molecule has 0 fully saturated rings. The van der Waals surface area contributed by atoms with Crippen LogP contribution in [-0.4, -0.2) is 26.1 Å². The maximum Gasteiger partial charge on any atom is 0.266 e. The second-order valence-electron chi connectivity index (χ2n) is 5.36. The number of hydrogen-bond donors (Lipinski definition) is 1. The molecule has 0 radical (unpaired) electrons. The molecule has 3 nitrogen and oxygen atoms in total. The number of quaternary nitrogens is 1. The average Bonchev–Trinajstić information content (AvgIpc) is 2.77. The summed E-state index contributed by atoms with van der Waals surface area (Å²) >= 11 is 1.49. The van der Waals surface area contributed by atoms with Gasteiger partial charge in [0.1, 0.15) is 10.4 Å². The zero-order chi connectivity index (χ0) is 12.9. The number of H-pyrrole nitrogens is 1. The molecule has 0 aliphatic rings. The Morgan fingerprint density at radius 2 is 1.84 bits per heavy atom. The molecule has 0 spiro atoms. The maximum absolute atomic E-state index is 11.9. The molecule has 2 aromatic heterocycles. The second-order valence-corrected chi connectivity index (χ2v) is 6.28. The first-order chi connectivity index (χ1) is 8.47. The van der Waals surface area contributed by atoms with E-state index in [9.17, 15) is 4.79 Å². The van der Waals surface area contributed by atoms with Crippen molar-refractivity contribution in [3.05, 3.63) is 40.0 Å². The van der Waals surface area contributed by atoms with Crippen molar-refractivity contribution >= 4 is 38.0 Å². The number of pyridine rings is 1. The third-order valence-corrected chi connectivity index (χ3v) is 4.10. The SMILES string of the molecule is C[N+](C)(C)c1ccc2[nH]c(=O)c3sccc3c2c1.[I-]. The van der Waals surface area contributed by atoms with E-state index in [0.717, 1.165) is 25.5 Å².